The first-order valence-electron chi connectivity index (χ1n) is 10.5. The molecule has 0 unspecified atom stereocenters. The van der Waals surface area contributed by atoms with E-state index in [2.05, 4.69) is 5.32 Å². The Hall–Kier alpha value is -3.66. The Morgan fingerprint density at radius 1 is 1.21 bits per heavy atom. The van der Waals surface area contributed by atoms with E-state index in [1.165, 1.54) is 31.4 Å². The van der Waals surface area contributed by atoms with Crippen molar-refractivity contribution in [2.24, 2.45) is 0 Å². The van der Waals surface area contributed by atoms with Gasteiger partial charge in [0.1, 0.15) is 18.1 Å². The van der Waals surface area contributed by atoms with E-state index in [-0.39, 0.29) is 28.7 Å². The fourth-order valence-electron chi connectivity index (χ4n) is 4.35. The van der Waals surface area contributed by atoms with Gasteiger partial charge in [-0.15, -0.1) is 0 Å². The van der Waals surface area contributed by atoms with Crippen LogP contribution in [-0.4, -0.2) is 43.6 Å². The third kappa shape index (κ3) is 4.16. The highest BCUT2D eigenvalue weighted by Crippen LogP contribution is 2.33. The lowest BCUT2D eigenvalue weighted by atomic mass is 9.97. The minimum absolute atomic E-state index is 0.00439. The minimum atomic E-state index is -4.02. The largest absolute Gasteiger partial charge is 0.497 e. The predicted octanol–water partition coefficient (Wildman–Crippen LogP) is 2.74. The molecule has 1 aliphatic rings. The summed E-state index contributed by atoms with van der Waals surface area (Å²) in [6.45, 7) is 1.80. The lowest BCUT2D eigenvalue weighted by molar-refractivity contribution is -0.137. The summed E-state index contributed by atoms with van der Waals surface area (Å²) in [6, 6.07) is 9.07. The third-order valence-electron chi connectivity index (χ3n) is 5.97. The van der Waals surface area contributed by atoms with Gasteiger partial charge < -0.3 is 19.7 Å². The van der Waals surface area contributed by atoms with Crippen molar-refractivity contribution in [3.05, 3.63) is 76.4 Å². The zero-order valence-electron chi connectivity index (χ0n) is 18.6. The van der Waals surface area contributed by atoms with Crippen LogP contribution < -0.4 is 10.1 Å². The van der Waals surface area contributed by atoms with Crippen LogP contribution >= 0.6 is 0 Å². The van der Waals surface area contributed by atoms with Crippen LogP contribution in [0, 0.1) is 12.7 Å². The van der Waals surface area contributed by atoms with Gasteiger partial charge in [-0.1, -0.05) is 0 Å². The summed E-state index contributed by atoms with van der Waals surface area (Å²) >= 11 is 0. The SMILES string of the molecule is COc1ccc(S(=O)(=O)c2ccc(F)cc2)c(Cc2c3c(n(CC(=O)O)c2C)CCNC3=O)c1. The van der Waals surface area contributed by atoms with Crippen molar-refractivity contribution in [1.82, 2.24) is 9.88 Å². The van der Waals surface area contributed by atoms with Crippen LogP contribution in [0.4, 0.5) is 4.39 Å². The van der Waals surface area contributed by atoms with Crippen LogP contribution in [0.1, 0.15) is 32.9 Å². The molecule has 1 aliphatic heterocycles. The van der Waals surface area contributed by atoms with E-state index in [1.807, 2.05) is 0 Å². The molecule has 2 aromatic carbocycles. The highest BCUT2D eigenvalue weighted by Gasteiger charge is 2.30. The predicted molar refractivity (Wildman–Crippen MR) is 120 cm³/mol. The van der Waals surface area contributed by atoms with Crippen molar-refractivity contribution in [2.75, 3.05) is 13.7 Å². The molecule has 0 saturated heterocycles. The number of carbonyl (C=O) groups excluding carboxylic acids is 1. The van der Waals surface area contributed by atoms with Gasteiger partial charge in [-0.2, -0.15) is 0 Å². The summed E-state index contributed by atoms with van der Waals surface area (Å²) in [6.07, 6.45) is 0.523. The first-order valence-corrected chi connectivity index (χ1v) is 12.0. The number of halogens is 1. The molecule has 2 heterocycles. The fraction of sp³-hybridized carbons (Fsp3) is 0.250. The average molecular weight is 487 g/mol. The van der Waals surface area contributed by atoms with E-state index in [0.717, 1.165) is 12.1 Å². The topological polar surface area (TPSA) is 115 Å². The molecule has 0 bridgehead atoms. The number of rotatable bonds is 7. The number of hydrogen-bond donors (Lipinski definition) is 2. The smallest absolute Gasteiger partial charge is 0.323 e. The molecule has 4 rings (SSSR count). The van der Waals surface area contributed by atoms with Gasteiger partial charge in [0.05, 0.1) is 22.5 Å². The number of hydrogen-bond acceptors (Lipinski definition) is 5. The summed E-state index contributed by atoms with van der Waals surface area (Å²) in [5.74, 6) is -1.50. The van der Waals surface area contributed by atoms with Crippen LogP contribution in [0.5, 0.6) is 5.75 Å². The minimum Gasteiger partial charge on any atom is -0.497 e. The highest BCUT2D eigenvalue weighted by atomic mass is 32.2. The molecule has 178 valence electrons. The number of nitrogens with one attached hydrogen (secondary N) is 1. The van der Waals surface area contributed by atoms with E-state index in [1.54, 1.807) is 17.6 Å². The van der Waals surface area contributed by atoms with Gasteiger partial charge in [0.25, 0.3) is 5.91 Å². The Morgan fingerprint density at radius 3 is 2.56 bits per heavy atom. The number of carbonyl (C=O) groups is 2. The summed E-state index contributed by atoms with van der Waals surface area (Å²) < 4.78 is 47.1. The molecule has 1 aromatic heterocycles. The molecule has 10 heteroatoms. The van der Waals surface area contributed by atoms with Crippen LogP contribution in [0.2, 0.25) is 0 Å². The number of nitrogens with zero attached hydrogens (tertiary/aromatic N) is 1. The van der Waals surface area contributed by atoms with E-state index >= 15 is 0 Å². The molecule has 34 heavy (non-hydrogen) atoms. The van der Waals surface area contributed by atoms with Gasteiger partial charge in [0.2, 0.25) is 9.84 Å². The van der Waals surface area contributed by atoms with Crippen LogP contribution in [0.25, 0.3) is 0 Å². The van der Waals surface area contributed by atoms with Crippen molar-refractivity contribution in [3.63, 3.8) is 0 Å². The van der Waals surface area contributed by atoms with Gasteiger partial charge in [-0.25, -0.2) is 12.8 Å². The van der Waals surface area contributed by atoms with Gasteiger partial charge in [0, 0.05) is 30.8 Å². The number of benzene rings is 2. The van der Waals surface area contributed by atoms with Crippen molar-refractivity contribution in [2.45, 2.75) is 36.1 Å². The molecule has 0 aliphatic carbocycles. The van der Waals surface area contributed by atoms with Crippen molar-refractivity contribution in [3.8, 4) is 5.75 Å². The Labute approximate surface area is 195 Å². The zero-order chi connectivity index (χ0) is 24.6. The normalized spacial score (nSPS) is 13.3. The molecule has 0 saturated carbocycles. The van der Waals surface area contributed by atoms with Gasteiger partial charge in [-0.3, -0.25) is 9.59 Å². The van der Waals surface area contributed by atoms with Crippen molar-refractivity contribution in [1.29, 1.82) is 0 Å². The number of fused-ring (bicyclic) bond motifs is 1. The molecule has 0 spiro atoms. The maximum Gasteiger partial charge on any atom is 0.323 e. The third-order valence-corrected chi connectivity index (χ3v) is 7.84. The molecular formula is C24H23FN2O6S. The average Bonchev–Trinajstić information content (AvgIpc) is 3.05. The number of ether oxygens (including phenoxy) is 1. The number of carboxylic acids is 1. The number of amides is 1. The standard InChI is InChI=1S/C24H23FN2O6S/c1-14-19(23-20(9-10-26-24(23)30)27(14)13-22(28)29)12-15-11-17(33-2)5-8-21(15)34(31,32)18-6-3-16(25)4-7-18/h3-8,11H,9-10,12-13H2,1-2H3,(H,26,30)(H,28,29). The molecule has 8 nitrogen and oxygen atoms in total. The zero-order valence-corrected chi connectivity index (χ0v) is 19.4. The first-order chi connectivity index (χ1) is 16.1. The molecule has 3 aromatic rings. The second kappa shape index (κ2) is 8.94. The maximum atomic E-state index is 13.4. The van der Waals surface area contributed by atoms with Crippen molar-refractivity contribution >= 4 is 21.7 Å². The van der Waals surface area contributed by atoms with Crippen LogP contribution in [-0.2, 0) is 34.0 Å². The number of sulfone groups is 1. The number of methoxy groups -OCH3 is 1. The van der Waals surface area contributed by atoms with E-state index in [4.69, 9.17) is 4.74 Å². The highest BCUT2D eigenvalue weighted by molar-refractivity contribution is 7.91. The molecule has 0 radical (unpaired) electrons. The van der Waals surface area contributed by atoms with Crippen molar-refractivity contribution < 1.29 is 32.2 Å². The van der Waals surface area contributed by atoms with Gasteiger partial charge in [-0.05, 0) is 60.5 Å². The quantitative estimate of drug-likeness (QED) is 0.497. The lowest BCUT2D eigenvalue weighted by Crippen LogP contribution is -2.33. The molecule has 2 N–H and O–H groups in total. The molecule has 0 atom stereocenters. The summed E-state index contributed by atoms with van der Waals surface area (Å²) in [5.41, 5.74) is 2.50. The van der Waals surface area contributed by atoms with E-state index < -0.39 is 21.6 Å². The first kappa shape index (κ1) is 23.5. The number of carboxylic acid groups (broad SMARTS) is 1. The second-order valence-electron chi connectivity index (χ2n) is 7.98. The Balaban J connectivity index is 1.88. The second-order valence-corrected chi connectivity index (χ2v) is 9.90. The van der Waals surface area contributed by atoms with Gasteiger partial charge in [0.15, 0.2) is 0 Å². The van der Waals surface area contributed by atoms with Crippen LogP contribution in [0.3, 0.4) is 0 Å². The fourth-order valence-corrected chi connectivity index (χ4v) is 5.82. The number of aromatic nitrogens is 1. The summed E-state index contributed by atoms with van der Waals surface area (Å²) in [5, 5.41) is 12.2. The van der Waals surface area contributed by atoms with Gasteiger partial charge >= 0.3 is 5.97 Å². The summed E-state index contributed by atoms with van der Waals surface area (Å²) in [7, 11) is -2.56. The Kier molecular flexibility index (Phi) is 6.18. The van der Waals surface area contributed by atoms with E-state index in [0.29, 0.717) is 46.8 Å². The molecular weight excluding hydrogens is 463 g/mol. The number of aliphatic carboxylic acids is 1. The van der Waals surface area contributed by atoms with E-state index in [9.17, 15) is 27.5 Å². The molecule has 0 fully saturated rings. The Bertz CT molecular complexity index is 1390. The Morgan fingerprint density at radius 2 is 1.91 bits per heavy atom. The summed E-state index contributed by atoms with van der Waals surface area (Å²) in [4.78, 5) is 24.1. The molecule has 1 amide bonds. The lowest BCUT2D eigenvalue weighted by Gasteiger charge is -2.17. The monoisotopic (exact) mass is 486 g/mol. The van der Waals surface area contributed by atoms with Crippen LogP contribution in [0.15, 0.2) is 52.3 Å². The maximum absolute atomic E-state index is 13.4.